The van der Waals surface area contributed by atoms with Crippen molar-refractivity contribution in [3.05, 3.63) is 126 Å². The first-order valence-electron chi connectivity index (χ1n) is 10.8. The summed E-state index contributed by atoms with van der Waals surface area (Å²) >= 11 is 0. The number of hydrogen-bond donors (Lipinski definition) is 1. The summed E-state index contributed by atoms with van der Waals surface area (Å²) in [5.74, 6) is -0.0580. The van der Waals surface area contributed by atoms with Crippen molar-refractivity contribution in [2.45, 2.75) is 12.5 Å². The van der Waals surface area contributed by atoms with Gasteiger partial charge in [-0.15, -0.1) is 0 Å². The Bertz CT molecular complexity index is 1320. The lowest BCUT2D eigenvalue weighted by Crippen LogP contribution is -2.18. The summed E-state index contributed by atoms with van der Waals surface area (Å²) in [6, 6.07) is 31.6. The molecule has 0 spiro atoms. The average molecular weight is 436 g/mol. The molecular formula is C28H22FN3O. The van der Waals surface area contributed by atoms with Crippen molar-refractivity contribution in [3.63, 3.8) is 0 Å². The summed E-state index contributed by atoms with van der Waals surface area (Å²) in [6.45, 7) is 0. The topological polar surface area (TPSA) is 48.2 Å². The normalized spacial score (nSPS) is 15.7. The third-order valence-corrected chi connectivity index (χ3v) is 5.65. The first-order chi connectivity index (χ1) is 16.2. The molecule has 0 radical (unpaired) electrons. The van der Waals surface area contributed by atoms with Crippen molar-refractivity contribution in [1.29, 1.82) is 0 Å². The first kappa shape index (κ1) is 20.6. The minimum Gasteiger partial charge on any atom is -0.507 e. The first-order valence-corrected chi connectivity index (χ1v) is 10.8. The molecular weight excluding hydrogens is 413 g/mol. The molecule has 0 amide bonds. The molecule has 1 atom stereocenters. The Morgan fingerprint density at radius 2 is 1.64 bits per heavy atom. The van der Waals surface area contributed by atoms with E-state index in [2.05, 4.69) is 4.99 Å². The second-order valence-corrected chi connectivity index (χ2v) is 7.87. The smallest absolute Gasteiger partial charge is 0.124 e. The number of rotatable bonds is 5. The zero-order valence-electron chi connectivity index (χ0n) is 17.8. The van der Waals surface area contributed by atoms with Crippen LogP contribution in [0.1, 0.15) is 29.2 Å². The van der Waals surface area contributed by atoms with Crippen LogP contribution in [0.5, 0.6) is 5.75 Å². The van der Waals surface area contributed by atoms with Crippen LogP contribution in [0.25, 0.3) is 0 Å². The van der Waals surface area contributed by atoms with Crippen molar-refractivity contribution in [2.75, 3.05) is 5.01 Å². The van der Waals surface area contributed by atoms with Crippen LogP contribution in [0.2, 0.25) is 0 Å². The SMILES string of the molecule is Oc1ccccc1C=Nc1cccc(C2=NN(c3ccccc3)C(c3ccc(F)cc3)C2)c1. The third kappa shape index (κ3) is 4.53. The molecule has 5 rings (SSSR count). The van der Waals surface area contributed by atoms with Crippen LogP contribution >= 0.6 is 0 Å². The molecule has 0 saturated carbocycles. The van der Waals surface area contributed by atoms with Crippen LogP contribution in [-0.2, 0) is 0 Å². The maximum absolute atomic E-state index is 13.5. The number of aliphatic imine (C=N–C) groups is 1. The molecule has 1 heterocycles. The predicted molar refractivity (Wildman–Crippen MR) is 131 cm³/mol. The monoisotopic (exact) mass is 435 g/mol. The summed E-state index contributed by atoms with van der Waals surface area (Å²) in [5, 5.41) is 16.9. The molecule has 162 valence electrons. The van der Waals surface area contributed by atoms with Crippen LogP contribution in [0, 0.1) is 5.82 Å². The van der Waals surface area contributed by atoms with E-state index in [1.165, 1.54) is 12.1 Å². The number of hydrogen-bond acceptors (Lipinski definition) is 4. The highest BCUT2D eigenvalue weighted by atomic mass is 19.1. The minimum absolute atomic E-state index is 0.0311. The molecule has 1 N–H and O–H groups in total. The molecule has 5 heteroatoms. The number of hydrazone groups is 1. The Balaban J connectivity index is 1.47. The number of nitrogens with zero attached hydrogens (tertiary/aromatic N) is 3. The van der Waals surface area contributed by atoms with Crippen LogP contribution in [0.4, 0.5) is 15.8 Å². The van der Waals surface area contributed by atoms with Gasteiger partial charge >= 0.3 is 0 Å². The van der Waals surface area contributed by atoms with E-state index in [1.807, 2.05) is 83.9 Å². The van der Waals surface area contributed by atoms with Gasteiger partial charge in [0.25, 0.3) is 0 Å². The Kier molecular flexibility index (Phi) is 5.68. The van der Waals surface area contributed by atoms with Crippen LogP contribution in [-0.4, -0.2) is 17.0 Å². The molecule has 0 fully saturated rings. The number of para-hydroxylation sites is 2. The van der Waals surface area contributed by atoms with E-state index in [-0.39, 0.29) is 17.6 Å². The molecule has 1 aliphatic heterocycles. The lowest BCUT2D eigenvalue weighted by molar-refractivity contribution is 0.474. The highest BCUT2D eigenvalue weighted by Gasteiger charge is 2.30. The number of phenolic OH excluding ortho intramolecular Hbond substituents is 1. The molecule has 0 aromatic heterocycles. The number of aromatic hydroxyl groups is 1. The van der Waals surface area contributed by atoms with Crippen molar-refractivity contribution in [2.24, 2.45) is 10.1 Å². The van der Waals surface area contributed by atoms with E-state index < -0.39 is 0 Å². The second kappa shape index (κ2) is 9.09. The second-order valence-electron chi connectivity index (χ2n) is 7.87. The zero-order chi connectivity index (χ0) is 22.6. The Hall–Kier alpha value is -4.25. The van der Waals surface area contributed by atoms with Gasteiger partial charge in [0.2, 0.25) is 0 Å². The fraction of sp³-hybridized carbons (Fsp3) is 0.0714. The van der Waals surface area contributed by atoms with Gasteiger partial charge in [-0.1, -0.05) is 54.6 Å². The van der Waals surface area contributed by atoms with Crippen molar-refractivity contribution >= 4 is 23.3 Å². The molecule has 0 saturated heterocycles. The molecule has 4 aromatic rings. The lowest BCUT2D eigenvalue weighted by atomic mass is 9.98. The molecule has 1 aliphatic rings. The maximum atomic E-state index is 13.5. The van der Waals surface area contributed by atoms with E-state index in [0.29, 0.717) is 12.0 Å². The van der Waals surface area contributed by atoms with E-state index in [1.54, 1.807) is 18.3 Å². The number of benzene rings is 4. The third-order valence-electron chi connectivity index (χ3n) is 5.65. The van der Waals surface area contributed by atoms with E-state index >= 15 is 0 Å². The van der Waals surface area contributed by atoms with Gasteiger partial charge in [-0.05, 0) is 59.7 Å². The van der Waals surface area contributed by atoms with E-state index in [4.69, 9.17) is 5.10 Å². The fourth-order valence-electron chi connectivity index (χ4n) is 3.95. The summed E-state index contributed by atoms with van der Waals surface area (Å²) in [7, 11) is 0. The van der Waals surface area contributed by atoms with Gasteiger partial charge in [0.05, 0.1) is 23.1 Å². The largest absolute Gasteiger partial charge is 0.507 e. The average Bonchev–Trinajstić information content (AvgIpc) is 3.30. The van der Waals surface area contributed by atoms with Gasteiger partial charge in [0.15, 0.2) is 0 Å². The molecule has 4 aromatic carbocycles. The summed E-state index contributed by atoms with van der Waals surface area (Å²) in [5.41, 5.74) is 5.34. The molecule has 4 nitrogen and oxygen atoms in total. The van der Waals surface area contributed by atoms with E-state index in [0.717, 1.165) is 28.2 Å². The molecule has 1 unspecified atom stereocenters. The Morgan fingerprint density at radius 1 is 0.879 bits per heavy atom. The van der Waals surface area contributed by atoms with Crippen LogP contribution < -0.4 is 5.01 Å². The fourth-order valence-corrected chi connectivity index (χ4v) is 3.95. The van der Waals surface area contributed by atoms with Gasteiger partial charge in [0, 0.05) is 18.2 Å². The van der Waals surface area contributed by atoms with Crippen LogP contribution in [0.3, 0.4) is 0 Å². The minimum atomic E-state index is -0.251. The zero-order valence-corrected chi connectivity index (χ0v) is 17.8. The molecule has 0 bridgehead atoms. The van der Waals surface area contributed by atoms with Gasteiger partial charge in [0.1, 0.15) is 11.6 Å². The summed E-state index contributed by atoms with van der Waals surface area (Å²) < 4.78 is 13.5. The molecule has 0 aliphatic carbocycles. The van der Waals surface area contributed by atoms with Crippen LogP contribution in [0.15, 0.2) is 113 Å². The summed E-state index contributed by atoms with van der Waals surface area (Å²) in [4.78, 5) is 4.54. The number of phenols is 1. The maximum Gasteiger partial charge on any atom is 0.124 e. The number of halogens is 1. The van der Waals surface area contributed by atoms with Gasteiger partial charge in [-0.2, -0.15) is 5.10 Å². The summed E-state index contributed by atoms with van der Waals surface area (Å²) in [6.07, 6.45) is 2.34. The van der Waals surface area contributed by atoms with Gasteiger partial charge < -0.3 is 5.11 Å². The Labute approximate surface area is 192 Å². The lowest BCUT2D eigenvalue weighted by Gasteiger charge is -2.23. The highest BCUT2D eigenvalue weighted by molar-refractivity contribution is 6.04. The van der Waals surface area contributed by atoms with Gasteiger partial charge in [-0.25, -0.2) is 4.39 Å². The van der Waals surface area contributed by atoms with Crippen molar-refractivity contribution in [1.82, 2.24) is 0 Å². The number of anilines is 1. The van der Waals surface area contributed by atoms with Crippen molar-refractivity contribution < 1.29 is 9.50 Å². The predicted octanol–water partition coefficient (Wildman–Crippen LogP) is 6.64. The van der Waals surface area contributed by atoms with E-state index in [9.17, 15) is 9.50 Å². The standard InChI is InChI=1S/C28H22FN3O/c29-23-15-13-20(14-16-23)27-18-26(31-32(27)25-10-2-1-3-11-25)21-8-6-9-24(17-21)30-19-22-7-4-5-12-28(22)33/h1-17,19,27,33H,18H2. The Morgan fingerprint density at radius 3 is 2.42 bits per heavy atom. The molecule has 33 heavy (non-hydrogen) atoms. The van der Waals surface area contributed by atoms with Crippen molar-refractivity contribution in [3.8, 4) is 5.75 Å². The highest BCUT2D eigenvalue weighted by Crippen LogP contribution is 2.37. The quantitative estimate of drug-likeness (QED) is 0.357. The van der Waals surface area contributed by atoms with Gasteiger partial charge in [-0.3, -0.25) is 10.0 Å².